The van der Waals surface area contributed by atoms with Crippen molar-refractivity contribution >= 4 is 58.2 Å². The van der Waals surface area contributed by atoms with Gasteiger partial charge in [0, 0.05) is 86.3 Å². The molecule has 13 heteroatoms. The topological polar surface area (TPSA) is 118 Å². The lowest BCUT2D eigenvalue weighted by atomic mass is 9.73. The molecule has 1 spiro atoms. The Morgan fingerprint density at radius 1 is 0.821 bits per heavy atom. The summed E-state index contributed by atoms with van der Waals surface area (Å²) in [5.41, 5.74) is 6.25. The standard InChI is InChI=1S/C43H44ClN7O5/c1-26-43(15-20-50(26)32-7-8-36(45-2)35(44)23-32)13-18-48(19-14-43)40(54)27-3-5-30(6-4-27)47-16-11-31(12-17-47)49-24-28-21-33-34(22-29(28)25-49)42(56)51(41(33)55)37-9-10-38(52)46-39(37)53/h3-8,21-23,26,31,37H,9-20,24-25H2,1H3,(H,46,52,53). The molecule has 288 valence electrons. The summed E-state index contributed by atoms with van der Waals surface area (Å²) in [6.45, 7) is 15.2. The summed E-state index contributed by atoms with van der Waals surface area (Å²) in [5, 5.41) is 2.74. The maximum atomic E-state index is 13.6. The SMILES string of the molecule is [C-]#[N+]c1ccc(N2CCC3(CCN(C(=O)c4ccc(N5CCC(N6Cc7cc8c(cc7C6)C(=O)N(C6CCC(=O)NC6=O)C8=O)CC5)cc4)CC3)C2C)cc1Cl. The van der Waals surface area contributed by atoms with E-state index < -0.39 is 23.8 Å². The molecule has 5 amide bonds. The maximum Gasteiger partial charge on any atom is 0.262 e. The van der Waals surface area contributed by atoms with Gasteiger partial charge in [-0.05, 0) is 111 Å². The van der Waals surface area contributed by atoms with Gasteiger partial charge in [0.1, 0.15) is 6.04 Å². The van der Waals surface area contributed by atoms with Crippen molar-refractivity contribution in [2.75, 3.05) is 42.5 Å². The van der Waals surface area contributed by atoms with Crippen LogP contribution in [0.1, 0.15) is 94.1 Å². The molecule has 0 aromatic heterocycles. The lowest BCUT2D eigenvalue weighted by Gasteiger charge is -2.43. The van der Waals surface area contributed by atoms with Gasteiger partial charge in [-0.2, -0.15) is 0 Å². The Morgan fingerprint density at radius 3 is 2.05 bits per heavy atom. The summed E-state index contributed by atoms with van der Waals surface area (Å²) in [7, 11) is 0. The average molecular weight is 774 g/mol. The zero-order chi connectivity index (χ0) is 38.9. The average Bonchev–Trinajstić information content (AvgIpc) is 3.85. The number of fused-ring (bicyclic) bond motifs is 2. The van der Waals surface area contributed by atoms with E-state index in [-0.39, 0.29) is 30.1 Å². The Balaban J connectivity index is 0.769. The molecule has 9 rings (SSSR count). The largest absolute Gasteiger partial charge is 0.371 e. The van der Waals surface area contributed by atoms with E-state index in [4.69, 9.17) is 18.2 Å². The van der Waals surface area contributed by atoms with Crippen molar-refractivity contribution < 1.29 is 24.0 Å². The Bertz CT molecular complexity index is 2160. The lowest BCUT2D eigenvalue weighted by Crippen LogP contribution is -2.54. The lowest BCUT2D eigenvalue weighted by molar-refractivity contribution is -0.136. The molecule has 4 saturated heterocycles. The van der Waals surface area contributed by atoms with Crippen LogP contribution in [-0.2, 0) is 22.7 Å². The highest BCUT2D eigenvalue weighted by Crippen LogP contribution is 2.48. The van der Waals surface area contributed by atoms with Crippen LogP contribution in [0.3, 0.4) is 0 Å². The Kier molecular flexibility index (Phi) is 9.13. The molecule has 2 atom stereocenters. The molecule has 6 aliphatic heterocycles. The number of imide groups is 2. The molecule has 3 aromatic rings. The predicted octanol–water partition coefficient (Wildman–Crippen LogP) is 5.80. The zero-order valence-electron chi connectivity index (χ0n) is 31.4. The van der Waals surface area contributed by atoms with Crippen LogP contribution in [0, 0.1) is 12.0 Å². The Morgan fingerprint density at radius 2 is 1.45 bits per heavy atom. The van der Waals surface area contributed by atoms with Crippen LogP contribution in [0.4, 0.5) is 17.1 Å². The number of rotatable bonds is 5. The van der Waals surface area contributed by atoms with Crippen molar-refractivity contribution in [3.63, 3.8) is 0 Å². The van der Waals surface area contributed by atoms with E-state index in [9.17, 15) is 24.0 Å². The number of hydrogen-bond donors (Lipinski definition) is 1. The molecular weight excluding hydrogens is 730 g/mol. The van der Waals surface area contributed by atoms with Gasteiger partial charge in [0.15, 0.2) is 0 Å². The Labute approximate surface area is 331 Å². The van der Waals surface area contributed by atoms with Crippen LogP contribution in [0.25, 0.3) is 4.85 Å². The van der Waals surface area contributed by atoms with Gasteiger partial charge in [-0.15, -0.1) is 0 Å². The first-order valence-corrected chi connectivity index (χ1v) is 20.1. The zero-order valence-corrected chi connectivity index (χ0v) is 32.2. The van der Waals surface area contributed by atoms with Crippen LogP contribution >= 0.6 is 11.6 Å². The second-order valence-corrected chi connectivity index (χ2v) is 16.7. The number of benzene rings is 3. The normalized spacial score (nSPS) is 23.8. The van der Waals surface area contributed by atoms with Crippen molar-refractivity contribution in [2.24, 2.45) is 5.41 Å². The van der Waals surface area contributed by atoms with Crippen LogP contribution in [0.15, 0.2) is 54.6 Å². The molecule has 0 aliphatic carbocycles. The highest BCUT2D eigenvalue weighted by atomic mass is 35.5. The molecule has 0 radical (unpaired) electrons. The van der Waals surface area contributed by atoms with E-state index in [0.717, 1.165) is 92.2 Å². The fraction of sp³-hybridized carbons (Fsp3) is 0.442. The van der Waals surface area contributed by atoms with Gasteiger partial charge < -0.3 is 14.7 Å². The highest BCUT2D eigenvalue weighted by Gasteiger charge is 2.48. The first-order chi connectivity index (χ1) is 27.0. The van der Waals surface area contributed by atoms with Crippen molar-refractivity contribution in [2.45, 2.75) is 83.1 Å². The van der Waals surface area contributed by atoms with Gasteiger partial charge in [0.25, 0.3) is 17.7 Å². The van der Waals surface area contributed by atoms with Gasteiger partial charge in [-0.3, -0.25) is 39.1 Å². The molecule has 3 aromatic carbocycles. The second kappa shape index (κ2) is 14.0. The van der Waals surface area contributed by atoms with Crippen molar-refractivity contribution in [3.8, 4) is 0 Å². The molecule has 12 nitrogen and oxygen atoms in total. The van der Waals surface area contributed by atoms with Gasteiger partial charge in [0.05, 0.1) is 17.7 Å². The number of piperidine rings is 3. The third-order valence-electron chi connectivity index (χ3n) is 13.6. The molecular formula is C43H44ClN7O5. The minimum atomic E-state index is -0.964. The van der Waals surface area contributed by atoms with Crippen molar-refractivity contribution in [3.05, 3.63) is 98.9 Å². The number of anilines is 2. The summed E-state index contributed by atoms with van der Waals surface area (Å²) >= 11 is 6.37. The van der Waals surface area contributed by atoms with E-state index in [1.54, 1.807) is 6.07 Å². The summed E-state index contributed by atoms with van der Waals surface area (Å²) in [6, 6.07) is 17.1. The molecule has 0 saturated carbocycles. The van der Waals surface area contributed by atoms with Crippen molar-refractivity contribution in [1.82, 2.24) is 20.0 Å². The maximum absolute atomic E-state index is 13.6. The Hall–Kier alpha value is -5.25. The van der Waals surface area contributed by atoms with E-state index in [0.29, 0.717) is 52.6 Å². The smallest absolute Gasteiger partial charge is 0.262 e. The summed E-state index contributed by atoms with van der Waals surface area (Å²) < 4.78 is 0. The fourth-order valence-electron chi connectivity index (χ4n) is 10.2. The number of hydrogen-bond acceptors (Lipinski definition) is 8. The number of likely N-dealkylation sites (tertiary alicyclic amines) is 1. The van der Waals surface area contributed by atoms with Crippen LogP contribution in [0.2, 0.25) is 5.02 Å². The molecule has 6 heterocycles. The van der Waals surface area contributed by atoms with E-state index in [1.165, 1.54) is 0 Å². The van der Waals surface area contributed by atoms with Crippen LogP contribution in [-0.4, -0.2) is 95.1 Å². The molecule has 6 aliphatic rings. The van der Waals surface area contributed by atoms with E-state index >= 15 is 0 Å². The molecule has 1 N–H and O–H groups in total. The van der Waals surface area contributed by atoms with Gasteiger partial charge in [-0.25, -0.2) is 4.85 Å². The van der Waals surface area contributed by atoms with Crippen LogP contribution < -0.4 is 15.1 Å². The number of nitrogens with one attached hydrogen (secondary N) is 1. The molecule has 4 fully saturated rings. The van der Waals surface area contributed by atoms with Gasteiger partial charge in [-0.1, -0.05) is 17.7 Å². The predicted molar refractivity (Wildman–Crippen MR) is 211 cm³/mol. The quantitative estimate of drug-likeness (QED) is 0.256. The van der Waals surface area contributed by atoms with Crippen molar-refractivity contribution in [1.29, 1.82) is 0 Å². The van der Waals surface area contributed by atoms with Gasteiger partial charge >= 0.3 is 0 Å². The molecule has 0 bridgehead atoms. The number of carbonyl (C=O) groups excluding carboxylic acids is 5. The van der Waals surface area contributed by atoms with E-state index in [1.807, 2.05) is 41.3 Å². The summed E-state index contributed by atoms with van der Waals surface area (Å²) in [5.74, 6) is -1.84. The minimum Gasteiger partial charge on any atom is -0.371 e. The monoisotopic (exact) mass is 773 g/mol. The molecule has 56 heavy (non-hydrogen) atoms. The number of carbonyl (C=O) groups is 5. The first kappa shape index (κ1) is 36.4. The van der Waals surface area contributed by atoms with E-state index in [2.05, 4.69) is 43.9 Å². The van der Waals surface area contributed by atoms with Crippen LogP contribution in [0.5, 0.6) is 0 Å². The second-order valence-electron chi connectivity index (χ2n) is 16.3. The number of halogens is 1. The third kappa shape index (κ3) is 6.12. The fourth-order valence-corrected chi connectivity index (χ4v) is 10.4. The summed E-state index contributed by atoms with van der Waals surface area (Å²) in [4.78, 5) is 78.2. The molecule has 2 unspecified atom stereocenters. The number of nitrogens with zero attached hydrogens (tertiary/aromatic N) is 6. The highest BCUT2D eigenvalue weighted by molar-refractivity contribution is 6.33. The first-order valence-electron chi connectivity index (χ1n) is 19.7. The third-order valence-corrected chi connectivity index (χ3v) is 13.9. The summed E-state index contributed by atoms with van der Waals surface area (Å²) in [6.07, 6.45) is 5.18. The number of amides is 5. The van der Waals surface area contributed by atoms with Gasteiger partial charge in [0.2, 0.25) is 17.5 Å². The minimum absolute atomic E-state index is 0.0841.